The van der Waals surface area contributed by atoms with Gasteiger partial charge in [-0.3, -0.25) is 5.32 Å². The topological polar surface area (TPSA) is 109 Å². The predicted octanol–water partition coefficient (Wildman–Crippen LogP) is 8.11. The van der Waals surface area contributed by atoms with Crippen LogP contribution in [0.5, 0.6) is 0 Å². The van der Waals surface area contributed by atoms with E-state index in [0.29, 0.717) is 42.7 Å². The van der Waals surface area contributed by atoms with E-state index >= 15 is 0 Å². The first-order valence-electron chi connectivity index (χ1n) is 16.7. The highest BCUT2D eigenvalue weighted by Crippen LogP contribution is 2.45. The largest absolute Gasteiger partial charge is 0.378 e. The molecule has 1 saturated heterocycles. The Bertz CT molecular complexity index is 2280. The van der Waals surface area contributed by atoms with Gasteiger partial charge < -0.3 is 9.64 Å². The van der Waals surface area contributed by atoms with Crippen molar-refractivity contribution in [3.05, 3.63) is 155 Å². The number of aryl methyl sites for hydroxylation is 1. The number of ether oxygens (including phenoxy) is 1. The van der Waals surface area contributed by atoms with E-state index in [2.05, 4.69) is 96.3 Å². The molecule has 0 radical (unpaired) electrons. The van der Waals surface area contributed by atoms with Crippen LogP contribution in [0.2, 0.25) is 0 Å². The van der Waals surface area contributed by atoms with Crippen LogP contribution in [-0.4, -0.2) is 57.2 Å². The zero-order valence-electron chi connectivity index (χ0n) is 27.9. The summed E-state index contributed by atoms with van der Waals surface area (Å²) in [6, 6.07) is 44.8. The SMILES string of the molecule is Cc1cc(-c2sc(NC(=O)N3CCOCC3)nc2-c2cccc(C#N)c2)cc2c1nnn2C(c1ccccc1)(c1ccccc1)c1ccccc1. The average Bonchev–Trinajstić information content (AvgIpc) is 3.82. The van der Waals surface area contributed by atoms with Crippen molar-refractivity contribution in [3.8, 4) is 27.8 Å². The molecule has 2 aromatic heterocycles. The lowest BCUT2D eigenvalue weighted by Gasteiger charge is -2.36. The van der Waals surface area contributed by atoms with Gasteiger partial charge in [-0.15, -0.1) is 5.10 Å². The van der Waals surface area contributed by atoms with E-state index in [1.165, 1.54) is 11.3 Å². The van der Waals surface area contributed by atoms with E-state index in [0.717, 1.165) is 49.3 Å². The number of morpholine rings is 1. The fraction of sp³-hybridized carbons (Fsp3) is 0.146. The number of hydrogen-bond acceptors (Lipinski definition) is 7. The van der Waals surface area contributed by atoms with E-state index in [1.807, 2.05) is 48.0 Å². The van der Waals surface area contributed by atoms with E-state index in [-0.39, 0.29) is 6.03 Å². The molecule has 51 heavy (non-hydrogen) atoms. The highest BCUT2D eigenvalue weighted by Gasteiger charge is 2.41. The number of urea groups is 1. The van der Waals surface area contributed by atoms with Crippen molar-refractivity contribution in [2.45, 2.75) is 12.5 Å². The Kier molecular flexibility index (Phi) is 8.57. The van der Waals surface area contributed by atoms with Gasteiger partial charge in [0.25, 0.3) is 0 Å². The van der Waals surface area contributed by atoms with E-state index in [1.54, 1.807) is 11.0 Å². The second-order valence-corrected chi connectivity index (χ2v) is 13.4. The summed E-state index contributed by atoms with van der Waals surface area (Å²) < 4.78 is 7.48. The Morgan fingerprint density at radius 3 is 2.06 bits per heavy atom. The van der Waals surface area contributed by atoms with Gasteiger partial charge >= 0.3 is 6.03 Å². The van der Waals surface area contributed by atoms with Crippen LogP contribution < -0.4 is 5.32 Å². The normalized spacial score (nSPS) is 13.2. The highest BCUT2D eigenvalue weighted by atomic mass is 32.1. The molecule has 8 rings (SSSR count). The Morgan fingerprint density at radius 2 is 1.45 bits per heavy atom. The molecule has 1 aliphatic rings. The lowest BCUT2D eigenvalue weighted by molar-refractivity contribution is 0.0564. The van der Waals surface area contributed by atoms with Gasteiger partial charge in [0.05, 0.1) is 40.9 Å². The minimum Gasteiger partial charge on any atom is -0.378 e. The minimum atomic E-state index is -0.863. The molecule has 5 aromatic carbocycles. The van der Waals surface area contributed by atoms with Gasteiger partial charge in [-0.05, 0) is 59.0 Å². The van der Waals surface area contributed by atoms with Crippen molar-refractivity contribution in [1.29, 1.82) is 5.26 Å². The number of hydrogen-bond donors (Lipinski definition) is 1. The minimum absolute atomic E-state index is 0.219. The molecule has 2 amide bonds. The van der Waals surface area contributed by atoms with Crippen molar-refractivity contribution >= 4 is 33.5 Å². The van der Waals surface area contributed by atoms with Crippen LogP contribution in [0.3, 0.4) is 0 Å². The number of benzene rings is 5. The van der Waals surface area contributed by atoms with Gasteiger partial charge in [-0.25, -0.2) is 14.5 Å². The number of amides is 2. The number of thiazole rings is 1. The average molecular weight is 688 g/mol. The van der Waals surface area contributed by atoms with Crippen LogP contribution in [0.25, 0.3) is 32.7 Å². The number of carbonyl (C=O) groups excluding carboxylic acids is 1. The van der Waals surface area contributed by atoms with Gasteiger partial charge in [0, 0.05) is 18.7 Å². The Labute approximate surface area is 299 Å². The van der Waals surface area contributed by atoms with Gasteiger partial charge in [-0.2, -0.15) is 5.26 Å². The molecule has 0 spiro atoms. The van der Waals surface area contributed by atoms with Gasteiger partial charge in [-0.1, -0.05) is 120 Å². The molecule has 1 N–H and O–H groups in total. The maximum Gasteiger partial charge on any atom is 0.323 e. The molecule has 250 valence electrons. The summed E-state index contributed by atoms with van der Waals surface area (Å²) in [4.78, 5) is 20.8. The first-order chi connectivity index (χ1) is 25.1. The second-order valence-electron chi connectivity index (χ2n) is 12.4. The first kappa shape index (κ1) is 32.1. The molecule has 10 heteroatoms. The van der Waals surface area contributed by atoms with Crippen molar-refractivity contribution in [3.63, 3.8) is 0 Å². The number of nitriles is 1. The number of nitrogens with one attached hydrogen (secondary N) is 1. The summed E-state index contributed by atoms with van der Waals surface area (Å²) in [5.41, 5.74) is 7.70. The maximum atomic E-state index is 13.3. The molecule has 0 aliphatic carbocycles. The van der Waals surface area contributed by atoms with Crippen LogP contribution in [0, 0.1) is 18.3 Å². The Morgan fingerprint density at radius 1 is 0.824 bits per heavy atom. The molecule has 1 aliphatic heterocycles. The second kappa shape index (κ2) is 13.6. The molecular formula is C41H33N7O2S. The van der Waals surface area contributed by atoms with Crippen LogP contribution in [0.4, 0.5) is 9.93 Å². The summed E-state index contributed by atoms with van der Waals surface area (Å²) in [6.07, 6.45) is 0. The third kappa shape index (κ3) is 5.82. The van der Waals surface area contributed by atoms with Crippen LogP contribution in [-0.2, 0) is 10.3 Å². The lowest BCUT2D eigenvalue weighted by Crippen LogP contribution is -2.43. The molecule has 1 fully saturated rings. The number of anilines is 1. The number of carbonyl (C=O) groups is 1. The molecule has 7 aromatic rings. The number of nitrogens with zero attached hydrogens (tertiary/aromatic N) is 6. The van der Waals surface area contributed by atoms with Crippen molar-refractivity contribution in [2.75, 3.05) is 31.6 Å². The Balaban J connectivity index is 1.35. The van der Waals surface area contributed by atoms with Gasteiger partial charge in [0.2, 0.25) is 0 Å². The zero-order chi connectivity index (χ0) is 34.8. The fourth-order valence-corrected chi connectivity index (χ4v) is 7.88. The van der Waals surface area contributed by atoms with E-state index in [4.69, 9.17) is 20.0 Å². The quantitative estimate of drug-likeness (QED) is 0.170. The molecular weight excluding hydrogens is 655 g/mol. The van der Waals surface area contributed by atoms with E-state index in [9.17, 15) is 10.1 Å². The summed E-state index contributed by atoms with van der Waals surface area (Å²) in [5, 5.41) is 23.0. The summed E-state index contributed by atoms with van der Waals surface area (Å²) in [7, 11) is 0. The molecule has 9 nitrogen and oxygen atoms in total. The number of fused-ring (bicyclic) bond motifs is 1. The third-order valence-electron chi connectivity index (χ3n) is 9.30. The highest BCUT2D eigenvalue weighted by molar-refractivity contribution is 7.19. The van der Waals surface area contributed by atoms with Crippen molar-refractivity contribution in [2.24, 2.45) is 0 Å². The van der Waals surface area contributed by atoms with Crippen LogP contribution in [0.15, 0.2) is 127 Å². The molecule has 0 bridgehead atoms. The van der Waals surface area contributed by atoms with Crippen molar-refractivity contribution in [1.82, 2.24) is 24.9 Å². The lowest BCUT2D eigenvalue weighted by atomic mass is 9.77. The van der Waals surface area contributed by atoms with Crippen LogP contribution >= 0.6 is 11.3 Å². The van der Waals surface area contributed by atoms with Gasteiger partial charge in [0.1, 0.15) is 11.1 Å². The number of rotatable bonds is 7. The molecule has 3 heterocycles. The number of aromatic nitrogens is 4. The summed E-state index contributed by atoms with van der Waals surface area (Å²) in [5.74, 6) is 0. The maximum absolute atomic E-state index is 13.3. The summed E-state index contributed by atoms with van der Waals surface area (Å²) in [6.45, 7) is 4.07. The standard InChI is InChI=1S/C41H33N7O2S/c1-28-24-31(38-37(30-13-11-12-29(25-30)27-42)43-39(51-38)44-40(49)47-20-22-50-23-21-47)26-35-36(28)45-46-48(35)41(32-14-5-2-6-15-32,33-16-7-3-8-17-33)34-18-9-4-10-19-34/h2-19,24-26H,20-23H2,1H3,(H,43,44,49). The first-order valence-corrected chi connectivity index (χ1v) is 17.6. The Hall–Kier alpha value is -6.15. The third-order valence-corrected chi connectivity index (χ3v) is 10.3. The predicted molar refractivity (Wildman–Crippen MR) is 200 cm³/mol. The van der Waals surface area contributed by atoms with Gasteiger partial charge in [0.15, 0.2) is 5.13 Å². The molecule has 0 atom stereocenters. The molecule has 0 saturated carbocycles. The van der Waals surface area contributed by atoms with Crippen molar-refractivity contribution < 1.29 is 9.53 Å². The zero-order valence-corrected chi connectivity index (χ0v) is 28.7. The smallest absolute Gasteiger partial charge is 0.323 e. The fourth-order valence-electron chi connectivity index (χ4n) is 6.91. The van der Waals surface area contributed by atoms with E-state index < -0.39 is 5.54 Å². The summed E-state index contributed by atoms with van der Waals surface area (Å²) >= 11 is 1.40. The van der Waals surface area contributed by atoms with Crippen LogP contribution in [0.1, 0.15) is 27.8 Å². The molecule has 0 unspecified atom stereocenters. The monoisotopic (exact) mass is 687 g/mol.